The number of aliphatic hydroxyl groups is 1. The number of rotatable bonds is 9. The highest BCUT2D eigenvalue weighted by molar-refractivity contribution is 6.06. The first kappa shape index (κ1) is 29.8. The van der Waals surface area contributed by atoms with Gasteiger partial charge in [-0.05, 0) is 73.4 Å². The Morgan fingerprint density at radius 1 is 1.21 bits per heavy atom. The number of methoxy groups -OCH3 is 1. The van der Waals surface area contributed by atoms with Crippen molar-refractivity contribution >= 4 is 23.5 Å². The van der Waals surface area contributed by atoms with Gasteiger partial charge >= 0.3 is 0 Å². The zero-order chi connectivity index (χ0) is 28.7. The summed E-state index contributed by atoms with van der Waals surface area (Å²) in [4.78, 5) is 29.2. The number of carbonyl (C=O) groups is 2. The van der Waals surface area contributed by atoms with Crippen molar-refractivity contribution in [2.75, 3.05) is 20.2 Å². The predicted octanol–water partition coefficient (Wildman–Crippen LogP) is 4.17. The molecule has 0 aliphatic carbocycles. The number of hydrogen-bond acceptors (Lipinski definition) is 6. The van der Waals surface area contributed by atoms with Crippen molar-refractivity contribution in [2.24, 2.45) is 5.92 Å². The van der Waals surface area contributed by atoms with Gasteiger partial charge in [0.2, 0.25) is 0 Å². The van der Waals surface area contributed by atoms with Crippen molar-refractivity contribution in [1.29, 1.82) is 10.8 Å². The maximum absolute atomic E-state index is 13.1. The van der Waals surface area contributed by atoms with Crippen LogP contribution < -0.4 is 10.1 Å². The van der Waals surface area contributed by atoms with E-state index in [2.05, 4.69) is 11.9 Å². The first-order valence-corrected chi connectivity index (χ1v) is 13.5. The molecule has 0 radical (unpaired) electrons. The number of likely N-dealkylation sites (tertiary alicyclic amines) is 1. The van der Waals surface area contributed by atoms with Crippen LogP contribution in [0.15, 0.2) is 48.2 Å². The molecule has 0 saturated carbocycles. The summed E-state index contributed by atoms with van der Waals surface area (Å²) >= 11 is 0. The van der Waals surface area contributed by atoms with E-state index in [1.165, 1.54) is 7.11 Å². The molecule has 3 rings (SSSR count). The Kier molecular flexibility index (Phi) is 10.2. The molecule has 210 valence electrons. The smallest absolute Gasteiger partial charge is 0.259 e. The third-order valence-corrected chi connectivity index (χ3v) is 7.00. The molecule has 1 unspecified atom stereocenters. The second-order valence-corrected chi connectivity index (χ2v) is 10.6. The van der Waals surface area contributed by atoms with Crippen LogP contribution in [0, 0.1) is 16.7 Å². The van der Waals surface area contributed by atoms with E-state index < -0.39 is 6.10 Å². The summed E-state index contributed by atoms with van der Waals surface area (Å²) in [6.07, 6.45) is 7.76. The minimum Gasteiger partial charge on any atom is -0.496 e. The summed E-state index contributed by atoms with van der Waals surface area (Å²) in [5, 5.41) is 29.5. The summed E-state index contributed by atoms with van der Waals surface area (Å²) < 4.78 is 5.49. The van der Waals surface area contributed by atoms with E-state index in [0.29, 0.717) is 73.2 Å². The first-order chi connectivity index (χ1) is 18.5. The SMILES string of the molecule is C=C(/C=C\C=C(/C)C(=N)N1CCCCC1=N)NC(=O)c1cc2c(cc1OC)CCN(C(=O)C(O)CC(C)C)C2. The Bertz CT molecular complexity index is 1200. The number of hydrogen-bond donors (Lipinski definition) is 4. The molecule has 1 saturated heterocycles. The van der Waals surface area contributed by atoms with Gasteiger partial charge in [0.1, 0.15) is 23.5 Å². The van der Waals surface area contributed by atoms with Crippen molar-refractivity contribution in [2.45, 2.75) is 65.5 Å². The van der Waals surface area contributed by atoms with Crippen molar-refractivity contribution in [3.05, 3.63) is 64.9 Å². The third-order valence-electron chi connectivity index (χ3n) is 7.00. The number of benzene rings is 1. The number of aliphatic hydroxyl groups excluding tert-OH is 1. The molecule has 2 amide bonds. The molecule has 4 N–H and O–H groups in total. The molecule has 1 atom stereocenters. The summed E-state index contributed by atoms with van der Waals surface area (Å²) in [6, 6.07) is 3.58. The van der Waals surface area contributed by atoms with Crippen molar-refractivity contribution < 1.29 is 19.4 Å². The van der Waals surface area contributed by atoms with Gasteiger partial charge in [0, 0.05) is 31.8 Å². The average molecular weight is 536 g/mol. The van der Waals surface area contributed by atoms with E-state index in [-0.39, 0.29) is 17.7 Å². The van der Waals surface area contributed by atoms with Crippen LogP contribution in [0.4, 0.5) is 0 Å². The Hall–Kier alpha value is -3.72. The summed E-state index contributed by atoms with van der Waals surface area (Å²) in [6.45, 7) is 11.2. The normalized spacial score (nSPS) is 16.8. The summed E-state index contributed by atoms with van der Waals surface area (Å²) in [5.74, 6) is 0.750. The molecule has 39 heavy (non-hydrogen) atoms. The van der Waals surface area contributed by atoms with Crippen LogP contribution in [-0.2, 0) is 17.8 Å². The maximum atomic E-state index is 13.1. The molecule has 0 aromatic heterocycles. The number of nitrogens with one attached hydrogen (secondary N) is 3. The molecule has 2 aliphatic heterocycles. The Morgan fingerprint density at radius 3 is 2.62 bits per heavy atom. The molecule has 1 aromatic carbocycles. The van der Waals surface area contributed by atoms with Crippen LogP contribution in [-0.4, -0.2) is 64.7 Å². The highest BCUT2D eigenvalue weighted by Crippen LogP contribution is 2.29. The molecule has 9 nitrogen and oxygen atoms in total. The minimum absolute atomic E-state index is 0.207. The number of fused-ring (bicyclic) bond motifs is 1. The van der Waals surface area contributed by atoms with E-state index in [1.807, 2.05) is 26.8 Å². The fourth-order valence-electron chi connectivity index (χ4n) is 4.81. The van der Waals surface area contributed by atoms with Gasteiger partial charge in [-0.1, -0.05) is 32.6 Å². The lowest BCUT2D eigenvalue weighted by Crippen LogP contribution is -2.42. The molecular weight excluding hydrogens is 494 g/mol. The number of carbonyl (C=O) groups excluding carboxylic acids is 2. The lowest BCUT2D eigenvalue weighted by molar-refractivity contribution is -0.141. The molecule has 2 aliphatic rings. The lowest BCUT2D eigenvalue weighted by atomic mass is 9.95. The van der Waals surface area contributed by atoms with Gasteiger partial charge < -0.3 is 25.0 Å². The van der Waals surface area contributed by atoms with Crippen LogP contribution >= 0.6 is 0 Å². The summed E-state index contributed by atoms with van der Waals surface area (Å²) in [7, 11) is 1.51. The fraction of sp³-hybridized carbons (Fsp3) is 0.467. The number of amidine groups is 2. The van der Waals surface area contributed by atoms with Gasteiger partial charge in [0.15, 0.2) is 0 Å². The lowest BCUT2D eigenvalue weighted by Gasteiger charge is -2.31. The first-order valence-electron chi connectivity index (χ1n) is 13.5. The largest absolute Gasteiger partial charge is 0.496 e. The zero-order valence-corrected chi connectivity index (χ0v) is 23.5. The van der Waals surface area contributed by atoms with Gasteiger partial charge in [0.05, 0.1) is 12.7 Å². The minimum atomic E-state index is -1.03. The second-order valence-electron chi connectivity index (χ2n) is 10.6. The van der Waals surface area contributed by atoms with Crippen LogP contribution in [0.1, 0.15) is 67.9 Å². The van der Waals surface area contributed by atoms with E-state index in [0.717, 1.165) is 24.0 Å². The van der Waals surface area contributed by atoms with Crippen molar-refractivity contribution in [1.82, 2.24) is 15.1 Å². The van der Waals surface area contributed by atoms with E-state index in [1.54, 1.807) is 34.1 Å². The Morgan fingerprint density at radius 2 is 1.95 bits per heavy atom. The predicted molar refractivity (Wildman–Crippen MR) is 153 cm³/mol. The number of piperidine rings is 1. The molecule has 0 bridgehead atoms. The van der Waals surface area contributed by atoms with E-state index in [4.69, 9.17) is 15.6 Å². The number of nitrogens with zero attached hydrogens (tertiary/aromatic N) is 2. The van der Waals surface area contributed by atoms with E-state index in [9.17, 15) is 14.7 Å². The molecular formula is C30H41N5O4. The van der Waals surface area contributed by atoms with Crippen molar-refractivity contribution in [3.8, 4) is 5.75 Å². The Balaban J connectivity index is 1.67. The third kappa shape index (κ3) is 7.66. The van der Waals surface area contributed by atoms with E-state index >= 15 is 0 Å². The van der Waals surface area contributed by atoms with Crippen molar-refractivity contribution in [3.63, 3.8) is 0 Å². The van der Waals surface area contributed by atoms with Crippen LogP contribution in [0.2, 0.25) is 0 Å². The van der Waals surface area contributed by atoms with Gasteiger partial charge in [-0.15, -0.1) is 0 Å². The Labute approximate surface area is 231 Å². The number of ether oxygens (including phenoxy) is 1. The molecule has 1 aromatic rings. The average Bonchev–Trinajstić information content (AvgIpc) is 2.90. The van der Waals surface area contributed by atoms with Crippen LogP contribution in [0.3, 0.4) is 0 Å². The summed E-state index contributed by atoms with van der Waals surface area (Å²) in [5.41, 5.74) is 3.27. The second kappa shape index (κ2) is 13.4. The van der Waals surface area contributed by atoms with Gasteiger partial charge in [0.25, 0.3) is 11.8 Å². The monoisotopic (exact) mass is 535 g/mol. The maximum Gasteiger partial charge on any atom is 0.259 e. The number of allylic oxidation sites excluding steroid dienone is 3. The van der Waals surface area contributed by atoms with Gasteiger partial charge in [-0.3, -0.25) is 20.4 Å². The quantitative estimate of drug-likeness (QED) is 0.214. The van der Waals surface area contributed by atoms with Crippen LogP contribution in [0.25, 0.3) is 0 Å². The topological polar surface area (TPSA) is 130 Å². The fourth-order valence-corrected chi connectivity index (χ4v) is 4.81. The molecule has 9 heteroatoms. The number of amides is 2. The van der Waals surface area contributed by atoms with Gasteiger partial charge in [-0.25, -0.2) is 0 Å². The highest BCUT2D eigenvalue weighted by atomic mass is 16.5. The van der Waals surface area contributed by atoms with Crippen LogP contribution in [0.5, 0.6) is 5.75 Å². The highest BCUT2D eigenvalue weighted by Gasteiger charge is 2.28. The standard InChI is InChI=1S/C30H41N5O4/c1-19(2)15-25(36)30(38)34-14-12-22-17-26(39-5)24(16-23(22)18-34)29(37)33-21(4)10-8-9-20(3)28(32)35-13-7-6-11-27(35)31/h8-10,16-17,19,25,31-32,36H,4,6-7,11-15,18H2,1-3,5H3,(H,33,37)/b10-8-,20-9+,31-27?,32-28?. The zero-order valence-electron chi connectivity index (χ0n) is 23.5. The van der Waals surface area contributed by atoms with Gasteiger partial charge in [-0.2, -0.15) is 0 Å². The molecule has 2 heterocycles. The molecule has 1 fully saturated rings. The molecule has 0 spiro atoms.